The van der Waals surface area contributed by atoms with Gasteiger partial charge in [-0.05, 0) is 104 Å². The minimum atomic E-state index is 0.539. The van der Waals surface area contributed by atoms with Crippen LogP contribution in [0.5, 0.6) is 0 Å². The van der Waals surface area contributed by atoms with Gasteiger partial charge in [-0.2, -0.15) is 11.8 Å². The standard InChI is InChI=1S/C28H48S/c1-19(2)8-7-9-20(3)24-12-13-25-23-11-10-21-18-22(29-6)14-16-27(21,4)26(23)15-17-28(24,25)5/h10,19-20,22-26H,7-9,11-18H2,1-6H3/t20?,22?,23?,24?,25?,26?,27-,28?/m0/s1. The maximum atomic E-state index is 2.76. The van der Waals surface area contributed by atoms with Crippen molar-refractivity contribution < 1.29 is 0 Å². The van der Waals surface area contributed by atoms with Crippen LogP contribution >= 0.6 is 11.8 Å². The van der Waals surface area contributed by atoms with Gasteiger partial charge in [0.05, 0.1) is 0 Å². The highest BCUT2D eigenvalue weighted by atomic mass is 32.2. The SMILES string of the molecule is CSC1CC[C@@]2(C)C(=CCC3C4CCC(C(C)CCCC(C)C)C4(C)CCC32)C1. The molecule has 29 heavy (non-hydrogen) atoms. The van der Waals surface area contributed by atoms with Gasteiger partial charge in [0.15, 0.2) is 0 Å². The molecule has 7 unspecified atom stereocenters. The van der Waals surface area contributed by atoms with E-state index in [0.717, 1.165) is 40.8 Å². The summed E-state index contributed by atoms with van der Waals surface area (Å²) in [6, 6.07) is 0. The van der Waals surface area contributed by atoms with Crippen molar-refractivity contribution in [3.05, 3.63) is 11.6 Å². The predicted molar refractivity (Wildman–Crippen MR) is 130 cm³/mol. The maximum Gasteiger partial charge on any atom is 0.00819 e. The van der Waals surface area contributed by atoms with Crippen molar-refractivity contribution in [3.8, 4) is 0 Å². The lowest BCUT2D eigenvalue weighted by Crippen LogP contribution is -2.50. The lowest BCUT2D eigenvalue weighted by atomic mass is 9.47. The van der Waals surface area contributed by atoms with Crippen LogP contribution in [0.3, 0.4) is 0 Å². The second kappa shape index (κ2) is 8.55. The molecule has 1 heteroatoms. The van der Waals surface area contributed by atoms with Crippen molar-refractivity contribution in [2.45, 2.75) is 110 Å². The van der Waals surface area contributed by atoms with Gasteiger partial charge < -0.3 is 0 Å². The van der Waals surface area contributed by atoms with Gasteiger partial charge in [-0.3, -0.25) is 0 Å². The number of rotatable bonds is 6. The lowest BCUT2D eigenvalue weighted by molar-refractivity contribution is -0.0497. The summed E-state index contributed by atoms with van der Waals surface area (Å²) in [4.78, 5) is 0. The monoisotopic (exact) mass is 416 g/mol. The molecule has 0 N–H and O–H groups in total. The Hall–Kier alpha value is 0.0900. The topological polar surface area (TPSA) is 0 Å². The quantitative estimate of drug-likeness (QED) is 0.390. The van der Waals surface area contributed by atoms with Crippen molar-refractivity contribution in [1.82, 2.24) is 0 Å². The fourth-order valence-electron chi connectivity index (χ4n) is 8.85. The first-order chi connectivity index (χ1) is 13.8. The smallest absolute Gasteiger partial charge is 0.00819 e. The molecule has 3 saturated carbocycles. The number of hydrogen-bond donors (Lipinski definition) is 0. The van der Waals surface area contributed by atoms with Crippen molar-refractivity contribution in [3.63, 3.8) is 0 Å². The molecule has 0 spiro atoms. The Morgan fingerprint density at radius 3 is 2.52 bits per heavy atom. The van der Waals surface area contributed by atoms with Crippen LogP contribution in [0.25, 0.3) is 0 Å². The first-order valence-corrected chi connectivity index (χ1v) is 14.3. The molecule has 0 saturated heterocycles. The number of thioether (sulfide) groups is 1. The van der Waals surface area contributed by atoms with Gasteiger partial charge in [-0.25, -0.2) is 0 Å². The second-order valence-corrected chi connectivity index (χ2v) is 13.5. The van der Waals surface area contributed by atoms with Gasteiger partial charge in [0, 0.05) is 5.25 Å². The largest absolute Gasteiger partial charge is 0.162 e. The molecule has 0 aromatic heterocycles. The highest BCUT2D eigenvalue weighted by Crippen LogP contribution is 2.67. The van der Waals surface area contributed by atoms with Gasteiger partial charge in [0.2, 0.25) is 0 Å². The molecule has 0 radical (unpaired) electrons. The Morgan fingerprint density at radius 1 is 1.00 bits per heavy atom. The molecule has 4 rings (SSSR count). The molecular formula is C28H48S. The third-order valence-electron chi connectivity index (χ3n) is 10.6. The van der Waals surface area contributed by atoms with Crippen LogP contribution < -0.4 is 0 Å². The van der Waals surface area contributed by atoms with E-state index in [4.69, 9.17) is 0 Å². The summed E-state index contributed by atoms with van der Waals surface area (Å²) in [6.45, 7) is 12.8. The van der Waals surface area contributed by atoms with E-state index >= 15 is 0 Å². The van der Waals surface area contributed by atoms with Crippen molar-refractivity contribution in [1.29, 1.82) is 0 Å². The van der Waals surface area contributed by atoms with Crippen LogP contribution in [-0.2, 0) is 0 Å². The molecule has 166 valence electrons. The van der Waals surface area contributed by atoms with E-state index in [1.807, 2.05) is 5.57 Å². The number of hydrogen-bond acceptors (Lipinski definition) is 1. The van der Waals surface area contributed by atoms with Gasteiger partial charge in [0.25, 0.3) is 0 Å². The van der Waals surface area contributed by atoms with Gasteiger partial charge in [0.1, 0.15) is 0 Å². The van der Waals surface area contributed by atoms with Crippen LogP contribution in [0.1, 0.15) is 105 Å². The van der Waals surface area contributed by atoms with Crippen molar-refractivity contribution in [2.24, 2.45) is 46.3 Å². The minimum Gasteiger partial charge on any atom is -0.162 e. The first-order valence-electron chi connectivity index (χ1n) is 13.0. The minimum absolute atomic E-state index is 0.539. The van der Waals surface area contributed by atoms with E-state index in [1.165, 1.54) is 70.6 Å². The maximum absolute atomic E-state index is 2.76. The molecule has 0 nitrogen and oxygen atoms in total. The zero-order chi connectivity index (χ0) is 20.8. The molecule has 8 atom stereocenters. The lowest BCUT2D eigenvalue weighted by Gasteiger charge is -2.58. The molecule has 0 bridgehead atoms. The Bertz CT molecular complexity index is 605. The van der Waals surface area contributed by atoms with Crippen molar-refractivity contribution >= 4 is 11.8 Å². The summed E-state index contributed by atoms with van der Waals surface area (Å²) in [5.41, 5.74) is 3.04. The average Bonchev–Trinajstić information content (AvgIpc) is 3.04. The van der Waals surface area contributed by atoms with E-state index in [9.17, 15) is 0 Å². The van der Waals surface area contributed by atoms with E-state index in [1.54, 1.807) is 0 Å². The van der Waals surface area contributed by atoms with Crippen LogP contribution in [0.2, 0.25) is 0 Å². The Kier molecular flexibility index (Phi) is 6.57. The predicted octanol–water partition coefficient (Wildman–Crippen LogP) is 8.76. The summed E-state index contributed by atoms with van der Waals surface area (Å²) >= 11 is 2.12. The molecule has 0 amide bonds. The molecular weight excluding hydrogens is 368 g/mol. The van der Waals surface area contributed by atoms with Crippen LogP contribution in [0.15, 0.2) is 11.6 Å². The molecule has 0 aromatic rings. The van der Waals surface area contributed by atoms with Crippen molar-refractivity contribution in [2.75, 3.05) is 6.26 Å². The average molecular weight is 417 g/mol. The molecule has 0 heterocycles. The highest BCUT2D eigenvalue weighted by Gasteiger charge is 2.59. The van der Waals surface area contributed by atoms with Gasteiger partial charge in [-0.15, -0.1) is 0 Å². The third-order valence-corrected chi connectivity index (χ3v) is 11.7. The van der Waals surface area contributed by atoms with Gasteiger partial charge in [-0.1, -0.05) is 65.5 Å². The molecule has 0 aromatic carbocycles. The Labute approximate surface area is 186 Å². The zero-order valence-corrected chi connectivity index (χ0v) is 21.1. The molecule has 0 aliphatic heterocycles. The van der Waals surface area contributed by atoms with Crippen LogP contribution in [0.4, 0.5) is 0 Å². The van der Waals surface area contributed by atoms with E-state index < -0.39 is 0 Å². The Morgan fingerprint density at radius 2 is 1.79 bits per heavy atom. The summed E-state index contributed by atoms with van der Waals surface area (Å²) < 4.78 is 0. The third kappa shape index (κ3) is 3.89. The zero-order valence-electron chi connectivity index (χ0n) is 20.3. The molecule has 3 fully saturated rings. The first kappa shape index (κ1) is 22.3. The normalized spacial score (nSPS) is 45.3. The number of allylic oxidation sites excluding steroid dienone is 2. The number of fused-ring (bicyclic) bond motifs is 5. The summed E-state index contributed by atoms with van der Waals surface area (Å²) in [6.07, 6.45) is 21.2. The highest BCUT2D eigenvalue weighted by molar-refractivity contribution is 7.99. The van der Waals surface area contributed by atoms with Crippen LogP contribution in [-0.4, -0.2) is 11.5 Å². The van der Waals surface area contributed by atoms with E-state index in [2.05, 4.69) is 58.7 Å². The second-order valence-electron chi connectivity index (χ2n) is 12.4. The van der Waals surface area contributed by atoms with Gasteiger partial charge >= 0.3 is 0 Å². The summed E-state index contributed by atoms with van der Waals surface area (Å²) in [7, 11) is 0. The summed E-state index contributed by atoms with van der Waals surface area (Å²) in [5.74, 6) is 5.77. The fourth-order valence-corrected chi connectivity index (χ4v) is 9.55. The van der Waals surface area contributed by atoms with E-state index in [-0.39, 0.29) is 0 Å². The molecule has 4 aliphatic rings. The fraction of sp³-hybridized carbons (Fsp3) is 0.929. The van der Waals surface area contributed by atoms with Crippen LogP contribution in [0, 0.1) is 46.3 Å². The summed E-state index contributed by atoms with van der Waals surface area (Å²) in [5, 5.41) is 0.891. The molecule has 4 aliphatic carbocycles. The Balaban J connectivity index is 1.48. The van der Waals surface area contributed by atoms with E-state index in [0.29, 0.717) is 10.8 Å².